The van der Waals surface area contributed by atoms with Crippen LogP contribution in [0.25, 0.3) is 0 Å². The third-order valence-electron chi connectivity index (χ3n) is 4.17. The zero-order valence-electron chi connectivity index (χ0n) is 16.3. The molecule has 1 aromatic rings. The predicted octanol–water partition coefficient (Wildman–Crippen LogP) is 1.78. The van der Waals surface area contributed by atoms with Gasteiger partial charge in [0.15, 0.2) is 0 Å². The minimum atomic E-state index is -3.83. The number of fused-ring (bicyclic) bond motifs is 1. The van der Waals surface area contributed by atoms with E-state index in [0.717, 1.165) is 4.31 Å². The SMILES string of the molecule is CCOC(=O)CCN(C)S(=O)(=O)c1ccc2c(c1)N(C(C)=O)CC(C)(C)O2. The fourth-order valence-electron chi connectivity index (χ4n) is 2.81. The van der Waals surface area contributed by atoms with Crippen LogP contribution in [0.3, 0.4) is 0 Å². The number of carbonyl (C=O) groups is 2. The van der Waals surface area contributed by atoms with Gasteiger partial charge in [-0.2, -0.15) is 0 Å². The molecule has 0 radical (unpaired) electrons. The average Bonchev–Trinajstić information content (AvgIpc) is 2.57. The molecule has 1 aromatic carbocycles. The Morgan fingerprint density at radius 2 is 2.00 bits per heavy atom. The lowest BCUT2D eigenvalue weighted by atomic mass is 10.1. The van der Waals surface area contributed by atoms with E-state index in [1.165, 1.54) is 31.0 Å². The number of hydrogen-bond donors (Lipinski definition) is 0. The van der Waals surface area contributed by atoms with E-state index in [9.17, 15) is 18.0 Å². The second-order valence-corrected chi connectivity index (χ2v) is 9.02. The summed E-state index contributed by atoms with van der Waals surface area (Å²) < 4.78 is 37.4. The van der Waals surface area contributed by atoms with Crippen molar-refractivity contribution in [2.45, 2.75) is 44.6 Å². The minimum Gasteiger partial charge on any atom is -0.484 e. The van der Waals surface area contributed by atoms with Crippen LogP contribution in [-0.4, -0.2) is 56.9 Å². The van der Waals surface area contributed by atoms with Crippen LogP contribution in [0.4, 0.5) is 5.69 Å². The molecule has 0 saturated carbocycles. The van der Waals surface area contributed by atoms with Crippen LogP contribution in [-0.2, 0) is 24.3 Å². The van der Waals surface area contributed by atoms with E-state index in [1.54, 1.807) is 13.0 Å². The van der Waals surface area contributed by atoms with E-state index in [-0.39, 0.29) is 30.4 Å². The van der Waals surface area contributed by atoms with Crippen LogP contribution in [0.15, 0.2) is 23.1 Å². The van der Waals surface area contributed by atoms with Gasteiger partial charge in [-0.25, -0.2) is 12.7 Å². The summed E-state index contributed by atoms with van der Waals surface area (Å²) in [5.41, 5.74) is -0.156. The zero-order valence-corrected chi connectivity index (χ0v) is 17.1. The zero-order chi connectivity index (χ0) is 20.4. The molecule has 9 heteroatoms. The first kappa shape index (κ1) is 21.2. The van der Waals surface area contributed by atoms with Gasteiger partial charge in [0, 0.05) is 20.5 Å². The number of anilines is 1. The number of rotatable bonds is 6. The third kappa shape index (κ3) is 4.78. The molecule has 8 nitrogen and oxygen atoms in total. The summed E-state index contributed by atoms with van der Waals surface area (Å²) in [5.74, 6) is -0.198. The van der Waals surface area contributed by atoms with Crippen LogP contribution in [0.5, 0.6) is 5.75 Å². The number of ether oxygens (including phenoxy) is 2. The third-order valence-corrected chi connectivity index (χ3v) is 6.02. The van der Waals surface area contributed by atoms with E-state index in [0.29, 0.717) is 18.0 Å². The monoisotopic (exact) mass is 398 g/mol. The molecule has 0 atom stereocenters. The summed E-state index contributed by atoms with van der Waals surface area (Å²) in [5, 5.41) is 0. The van der Waals surface area contributed by atoms with Crippen molar-refractivity contribution < 1.29 is 27.5 Å². The molecule has 0 N–H and O–H groups in total. The predicted molar refractivity (Wildman–Crippen MR) is 100 cm³/mol. The maximum Gasteiger partial charge on any atom is 0.307 e. The molecule has 0 spiro atoms. The van der Waals surface area contributed by atoms with E-state index in [1.807, 2.05) is 13.8 Å². The van der Waals surface area contributed by atoms with Gasteiger partial charge >= 0.3 is 5.97 Å². The van der Waals surface area contributed by atoms with E-state index >= 15 is 0 Å². The first-order valence-corrected chi connectivity index (χ1v) is 10.1. The quantitative estimate of drug-likeness (QED) is 0.678. The van der Waals surface area contributed by atoms with Crippen LogP contribution in [0, 0.1) is 0 Å². The van der Waals surface area contributed by atoms with Gasteiger partial charge in [0.25, 0.3) is 0 Å². The van der Waals surface area contributed by atoms with Crippen molar-refractivity contribution in [3.63, 3.8) is 0 Å². The number of benzene rings is 1. The Morgan fingerprint density at radius 1 is 1.33 bits per heavy atom. The summed E-state index contributed by atoms with van der Waals surface area (Å²) in [6.45, 7) is 7.40. The summed E-state index contributed by atoms with van der Waals surface area (Å²) in [4.78, 5) is 25.1. The molecule has 1 aliphatic rings. The highest BCUT2D eigenvalue weighted by Crippen LogP contribution is 2.38. The highest BCUT2D eigenvalue weighted by atomic mass is 32.2. The van der Waals surface area contributed by atoms with Gasteiger partial charge in [-0.05, 0) is 39.0 Å². The van der Waals surface area contributed by atoms with Crippen molar-refractivity contribution in [2.24, 2.45) is 0 Å². The maximum atomic E-state index is 12.8. The Kier molecular flexibility index (Phi) is 6.16. The van der Waals surface area contributed by atoms with Gasteiger partial charge < -0.3 is 14.4 Å². The Hall–Kier alpha value is -2.13. The molecule has 0 fully saturated rings. The standard InChI is InChI=1S/C18H26N2O6S/c1-6-25-17(22)9-10-19(5)27(23,24)14-7-8-16-15(11-14)20(13(2)21)12-18(3,4)26-16/h7-8,11H,6,9-10,12H2,1-5H3. The molecule has 0 saturated heterocycles. The Labute approximate surface area is 160 Å². The second kappa shape index (κ2) is 7.85. The smallest absolute Gasteiger partial charge is 0.307 e. The molecular formula is C18H26N2O6S. The largest absolute Gasteiger partial charge is 0.484 e. The fraction of sp³-hybridized carbons (Fsp3) is 0.556. The van der Waals surface area contributed by atoms with Gasteiger partial charge in [0.05, 0.1) is 30.2 Å². The van der Waals surface area contributed by atoms with Crippen LogP contribution >= 0.6 is 0 Å². The number of nitrogens with zero attached hydrogens (tertiary/aromatic N) is 2. The molecule has 1 amide bonds. The highest BCUT2D eigenvalue weighted by Gasteiger charge is 2.35. The van der Waals surface area contributed by atoms with Crippen molar-refractivity contribution in [3.05, 3.63) is 18.2 Å². The van der Waals surface area contributed by atoms with Crippen molar-refractivity contribution in [2.75, 3.05) is 31.6 Å². The first-order valence-electron chi connectivity index (χ1n) is 8.71. The Balaban J connectivity index is 2.30. The van der Waals surface area contributed by atoms with Crippen LogP contribution < -0.4 is 9.64 Å². The van der Waals surface area contributed by atoms with Crippen molar-refractivity contribution in [1.82, 2.24) is 4.31 Å². The molecule has 1 heterocycles. The molecule has 0 aromatic heterocycles. The Morgan fingerprint density at radius 3 is 2.59 bits per heavy atom. The molecular weight excluding hydrogens is 372 g/mol. The molecule has 27 heavy (non-hydrogen) atoms. The lowest BCUT2D eigenvalue weighted by Gasteiger charge is -2.39. The molecule has 2 rings (SSSR count). The summed E-state index contributed by atoms with van der Waals surface area (Å²) in [6, 6.07) is 4.43. The topological polar surface area (TPSA) is 93.2 Å². The fourth-order valence-corrected chi connectivity index (χ4v) is 4.01. The summed E-state index contributed by atoms with van der Waals surface area (Å²) in [7, 11) is -2.43. The summed E-state index contributed by atoms with van der Waals surface area (Å²) in [6.07, 6.45) is -0.0363. The van der Waals surface area contributed by atoms with Gasteiger partial charge in [-0.15, -0.1) is 0 Å². The number of carbonyl (C=O) groups excluding carboxylic acids is 2. The van der Waals surface area contributed by atoms with E-state index in [4.69, 9.17) is 9.47 Å². The van der Waals surface area contributed by atoms with Crippen LogP contribution in [0.2, 0.25) is 0 Å². The lowest BCUT2D eigenvalue weighted by Crippen LogP contribution is -2.48. The van der Waals surface area contributed by atoms with Gasteiger partial charge in [0.2, 0.25) is 15.9 Å². The lowest BCUT2D eigenvalue weighted by molar-refractivity contribution is -0.143. The average molecular weight is 398 g/mol. The number of amides is 1. The normalized spacial score (nSPS) is 15.9. The van der Waals surface area contributed by atoms with Crippen LogP contribution in [0.1, 0.15) is 34.1 Å². The van der Waals surface area contributed by atoms with Crippen molar-refractivity contribution in [1.29, 1.82) is 0 Å². The maximum absolute atomic E-state index is 12.8. The van der Waals surface area contributed by atoms with Gasteiger partial charge in [-0.1, -0.05) is 0 Å². The van der Waals surface area contributed by atoms with Gasteiger partial charge in [0.1, 0.15) is 11.4 Å². The van der Waals surface area contributed by atoms with Gasteiger partial charge in [-0.3, -0.25) is 9.59 Å². The second-order valence-electron chi connectivity index (χ2n) is 6.98. The highest BCUT2D eigenvalue weighted by molar-refractivity contribution is 7.89. The minimum absolute atomic E-state index is 0.00178. The number of sulfonamides is 1. The molecule has 1 aliphatic heterocycles. The number of hydrogen-bond acceptors (Lipinski definition) is 6. The Bertz CT molecular complexity index is 834. The molecule has 0 bridgehead atoms. The van der Waals surface area contributed by atoms with E-state index in [2.05, 4.69) is 0 Å². The first-order chi connectivity index (χ1) is 12.5. The molecule has 0 aliphatic carbocycles. The van der Waals surface area contributed by atoms with E-state index < -0.39 is 21.6 Å². The van der Waals surface area contributed by atoms with Crippen molar-refractivity contribution in [3.8, 4) is 5.75 Å². The number of esters is 1. The summed E-state index contributed by atoms with van der Waals surface area (Å²) >= 11 is 0. The molecule has 0 unspecified atom stereocenters. The molecule has 150 valence electrons. The van der Waals surface area contributed by atoms with Crippen molar-refractivity contribution >= 4 is 27.6 Å².